The van der Waals surface area contributed by atoms with Crippen LogP contribution in [0.1, 0.15) is 6.42 Å². The zero-order chi connectivity index (χ0) is 17.2. The van der Waals surface area contributed by atoms with Crippen molar-refractivity contribution in [3.05, 3.63) is 36.7 Å². The largest absolute Gasteiger partial charge is 0.395 e. The number of amides is 2. The SMILES string of the molecule is O=C(Nc1cccc2cnccc12)N(CCO)[C@H]1CCS(=O)(=O)C1. The van der Waals surface area contributed by atoms with E-state index in [4.69, 9.17) is 0 Å². The molecule has 2 N–H and O–H groups in total. The zero-order valence-corrected chi connectivity index (χ0v) is 13.9. The second-order valence-corrected chi connectivity index (χ2v) is 8.04. The van der Waals surface area contributed by atoms with Gasteiger partial charge in [0.1, 0.15) is 0 Å². The van der Waals surface area contributed by atoms with Crippen molar-refractivity contribution in [1.29, 1.82) is 0 Å². The summed E-state index contributed by atoms with van der Waals surface area (Å²) in [6, 6.07) is 6.49. The van der Waals surface area contributed by atoms with Gasteiger partial charge in [0.05, 0.1) is 23.8 Å². The molecule has 1 aliphatic heterocycles. The standard InChI is InChI=1S/C16H19N3O4S/c20-8-7-19(13-5-9-24(22,23)11-13)16(21)18-15-3-1-2-12-10-17-6-4-14(12)15/h1-4,6,10,13,20H,5,7-9,11H2,(H,18,21)/t13-/m0/s1. The molecular formula is C16H19N3O4S. The summed E-state index contributed by atoms with van der Waals surface area (Å²) in [5.74, 6) is 0.0205. The molecule has 3 rings (SSSR count). The minimum Gasteiger partial charge on any atom is -0.395 e. The molecule has 1 fully saturated rings. The molecule has 0 radical (unpaired) electrons. The van der Waals surface area contributed by atoms with Crippen molar-refractivity contribution in [3.63, 3.8) is 0 Å². The van der Waals surface area contributed by atoms with Gasteiger partial charge in [-0.2, -0.15) is 0 Å². The van der Waals surface area contributed by atoms with Crippen molar-refractivity contribution in [2.75, 3.05) is 30.0 Å². The molecule has 24 heavy (non-hydrogen) atoms. The van der Waals surface area contributed by atoms with E-state index in [2.05, 4.69) is 10.3 Å². The summed E-state index contributed by atoms with van der Waals surface area (Å²) in [6.07, 6.45) is 3.75. The molecule has 2 amide bonds. The molecule has 8 heteroatoms. The fourth-order valence-electron chi connectivity index (χ4n) is 3.00. The molecule has 2 heterocycles. The number of hydrogen-bond donors (Lipinski definition) is 2. The molecular weight excluding hydrogens is 330 g/mol. The molecule has 2 aromatic rings. The lowest BCUT2D eigenvalue weighted by atomic mass is 10.1. The van der Waals surface area contributed by atoms with Gasteiger partial charge >= 0.3 is 6.03 Å². The second-order valence-electron chi connectivity index (χ2n) is 5.81. The number of rotatable bonds is 4. The number of benzene rings is 1. The van der Waals surface area contributed by atoms with Crippen LogP contribution in [0.2, 0.25) is 0 Å². The molecule has 128 valence electrons. The number of hydrogen-bond acceptors (Lipinski definition) is 5. The molecule has 0 spiro atoms. The topological polar surface area (TPSA) is 99.6 Å². The number of sulfone groups is 1. The maximum absolute atomic E-state index is 12.6. The Morgan fingerprint density at radius 1 is 1.38 bits per heavy atom. The third kappa shape index (κ3) is 3.49. The number of aromatic nitrogens is 1. The van der Waals surface area contributed by atoms with Crippen LogP contribution in [0.5, 0.6) is 0 Å². The van der Waals surface area contributed by atoms with Crippen molar-refractivity contribution in [3.8, 4) is 0 Å². The number of urea groups is 1. The first kappa shape index (κ1) is 16.7. The maximum atomic E-state index is 12.6. The van der Waals surface area contributed by atoms with Crippen molar-refractivity contribution in [2.45, 2.75) is 12.5 Å². The third-order valence-corrected chi connectivity index (χ3v) is 5.92. The molecule has 7 nitrogen and oxygen atoms in total. The van der Waals surface area contributed by atoms with Crippen LogP contribution in [0.4, 0.5) is 10.5 Å². The summed E-state index contributed by atoms with van der Waals surface area (Å²) in [4.78, 5) is 18.1. The molecule has 1 atom stereocenters. The van der Waals surface area contributed by atoms with E-state index in [0.717, 1.165) is 10.8 Å². The number of aliphatic hydroxyl groups is 1. The van der Waals surface area contributed by atoms with Crippen LogP contribution in [0, 0.1) is 0 Å². The highest BCUT2D eigenvalue weighted by molar-refractivity contribution is 7.91. The normalized spacial score (nSPS) is 19.3. The Hall–Kier alpha value is -2.19. The number of nitrogens with one attached hydrogen (secondary N) is 1. The number of aliphatic hydroxyl groups excluding tert-OH is 1. The third-order valence-electron chi connectivity index (χ3n) is 4.17. The van der Waals surface area contributed by atoms with Crippen LogP contribution in [-0.2, 0) is 9.84 Å². The van der Waals surface area contributed by atoms with E-state index in [1.807, 2.05) is 12.1 Å². The molecule has 0 saturated carbocycles. The second kappa shape index (κ2) is 6.74. The first-order chi connectivity index (χ1) is 11.5. The van der Waals surface area contributed by atoms with Crippen molar-refractivity contribution < 1.29 is 18.3 Å². The molecule has 1 aliphatic rings. The number of fused-ring (bicyclic) bond motifs is 1. The van der Waals surface area contributed by atoms with Gasteiger partial charge in [0.15, 0.2) is 9.84 Å². The van der Waals surface area contributed by atoms with E-state index in [9.17, 15) is 18.3 Å². The summed E-state index contributed by atoms with van der Waals surface area (Å²) < 4.78 is 23.4. The van der Waals surface area contributed by atoms with Crippen LogP contribution >= 0.6 is 0 Å². The van der Waals surface area contributed by atoms with Crippen LogP contribution < -0.4 is 5.32 Å². The van der Waals surface area contributed by atoms with E-state index in [1.54, 1.807) is 24.5 Å². The molecule has 0 aliphatic carbocycles. The fraction of sp³-hybridized carbons (Fsp3) is 0.375. The fourth-order valence-corrected chi connectivity index (χ4v) is 4.73. The van der Waals surface area contributed by atoms with E-state index in [1.165, 1.54) is 4.90 Å². The van der Waals surface area contributed by atoms with Gasteiger partial charge in [-0.1, -0.05) is 12.1 Å². The Labute approximate surface area is 140 Å². The summed E-state index contributed by atoms with van der Waals surface area (Å²) in [5, 5.41) is 13.8. The van der Waals surface area contributed by atoms with Gasteiger partial charge in [-0.05, 0) is 18.6 Å². The average molecular weight is 349 g/mol. The smallest absolute Gasteiger partial charge is 0.322 e. The van der Waals surface area contributed by atoms with Crippen LogP contribution in [0.15, 0.2) is 36.7 Å². The summed E-state index contributed by atoms with van der Waals surface area (Å²) in [6.45, 7) is -0.123. The number of carbonyl (C=O) groups excluding carboxylic acids is 1. The predicted molar refractivity (Wildman–Crippen MR) is 91.6 cm³/mol. The zero-order valence-electron chi connectivity index (χ0n) is 13.1. The lowest BCUT2D eigenvalue weighted by molar-refractivity contribution is 0.169. The lowest BCUT2D eigenvalue weighted by Crippen LogP contribution is -2.45. The number of carbonyl (C=O) groups is 1. The van der Waals surface area contributed by atoms with E-state index in [-0.39, 0.29) is 24.7 Å². The van der Waals surface area contributed by atoms with Crippen molar-refractivity contribution in [1.82, 2.24) is 9.88 Å². The molecule has 1 aromatic heterocycles. The Kier molecular flexibility index (Phi) is 4.68. The average Bonchev–Trinajstić information content (AvgIpc) is 2.92. The summed E-state index contributed by atoms with van der Waals surface area (Å²) in [5.41, 5.74) is 0.628. The maximum Gasteiger partial charge on any atom is 0.322 e. The van der Waals surface area contributed by atoms with Crippen LogP contribution in [-0.4, -0.2) is 60.1 Å². The quantitative estimate of drug-likeness (QED) is 0.865. The Morgan fingerprint density at radius 3 is 2.92 bits per heavy atom. The Morgan fingerprint density at radius 2 is 2.21 bits per heavy atom. The van der Waals surface area contributed by atoms with Gasteiger partial charge in [0, 0.05) is 35.8 Å². The number of anilines is 1. The van der Waals surface area contributed by atoms with Gasteiger partial charge in [0.2, 0.25) is 0 Å². The minimum absolute atomic E-state index is 0.0557. The summed E-state index contributed by atoms with van der Waals surface area (Å²) >= 11 is 0. The van der Waals surface area contributed by atoms with Crippen molar-refractivity contribution in [2.24, 2.45) is 0 Å². The summed E-state index contributed by atoms with van der Waals surface area (Å²) in [7, 11) is -3.11. The van der Waals surface area contributed by atoms with Crippen molar-refractivity contribution >= 4 is 32.3 Å². The van der Waals surface area contributed by atoms with Crippen LogP contribution in [0.3, 0.4) is 0 Å². The van der Waals surface area contributed by atoms with E-state index < -0.39 is 21.9 Å². The highest BCUT2D eigenvalue weighted by atomic mass is 32.2. The van der Waals surface area contributed by atoms with Gasteiger partial charge in [0.25, 0.3) is 0 Å². The van der Waals surface area contributed by atoms with Gasteiger partial charge < -0.3 is 15.3 Å². The highest BCUT2D eigenvalue weighted by Crippen LogP contribution is 2.24. The molecule has 0 bridgehead atoms. The first-order valence-corrected chi connectivity index (χ1v) is 9.54. The van der Waals surface area contributed by atoms with Gasteiger partial charge in [-0.3, -0.25) is 4.98 Å². The first-order valence-electron chi connectivity index (χ1n) is 7.72. The Bertz CT molecular complexity index is 848. The molecule has 1 aromatic carbocycles. The molecule has 1 saturated heterocycles. The van der Waals surface area contributed by atoms with Gasteiger partial charge in [-0.15, -0.1) is 0 Å². The van der Waals surface area contributed by atoms with E-state index >= 15 is 0 Å². The Balaban J connectivity index is 1.83. The predicted octanol–water partition coefficient (Wildman–Crippen LogP) is 1.25. The number of pyridine rings is 1. The monoisotopic (exact) mass is 349 g/mol. The van der Waals surface area contributed by atoms with Gasteiger partial charge in [-0.25, -0.2) is 13.2 Å². The van der Waals surface area contributed by atoms with Crippen LogP contribution in [0.25, 0.3) is 10.8 Å². The minimum atomic E-state index is -3.11. The highest BCUT2D eigenvalue weighted by Gasteiger charge is 2.34. The number of nitrogens with zero attached hydrogens (tertiary/aromatic N) is 2. The molecule has 0 unspecified atom stereocenters. The van der Waals surface area contributed by atoms with E-state index in [0.29, 0.717) is 12.1 Å². The lowest BCUT2D eigenvalue weighted by Gasteiger charge is -2.28.